The molecule has 0 aliphatic carbocycles. The zero-order chi connectivity index (χ0) is 18.1. The number of nitrogens with zero attached hydrogens (tertiary/aromatic N) is 3. The first kappa shape index (κ1) is 16.4. The standard InChI is InChI=1S/C20H17ClN4O/c1-13-10-19(23-15-7-5-6-14(21)11-15)25-20(22-13)12-17(24-25)16-8-3-4-9-18(16)26-2/h3-12,23H,1-2H3. The zero-order valence-corrected chi connectivity index (χ0v) is 15.2. The minimum absolute atomic E-state index is 0.673. The van der Waals surface area contributed by atoms with Crippen LogP contribution in [0.1, 0.15) is 5.69 Å². The molecule has 0 saturated carbocycles. The van der Waals surface area contributed by atoms with Gasteiger partial charge in [-0.2, -0.15) is 9.61 Å². The van der Waals surface area contributed by atoms with Gasteiger partial charge < -0.3 is 10.1 Å². The van der Waals surface area contributed by atoms with E-state index in [2.05, 4.69) is 10.3 Å². The van der Waals surface area contributed by atoms with E-state index in [-0.39, 0.29) is 0 Å². The third-order valence-electron chi connectivity index (χ3n) is 4.04. The highest BCUT2D eigenvalue weighted by Crippen LogP contribution is 2.30. The molecule has 0 amide bonds. The Morgan fingerprint density at radius 2 is 1.88 bits per heavy atom. The molecule has 0 atom stereocenters. The van der Waals surface area contributed by atoms with Gasteiger partial charge in [0.1, 0.15) is 11.6 Å². The topological polar surface area (TPSA) is 51.5 Å². The Balaban J connectivity index is 1.83. The van der Waals surface area contributed by atoms with Crippen LogP contribution in [0.2, 0.25) is 5.02 Å². The van der Waals surface area contributed by atoms with Crippen molar-refractivity contribution < 1.29 is 4.74 Å². The summed E-state index contributed by atoms with van der Waals surface area (Å²) in [6, 6.07) is 19.3. The summed E-state index contributed by atoms with van der Waals surface area (Å²) in [6.45, 7) is 1.96. The summed E-state index contributed by atoms with van der Waals surface area (Å²) >= 11 is 6.09. The van der Waals surface area contributed by atoms with Crippen LogP contribution in [0.4, 0.5) is 11.5 Å². The second-order valence-electron chi connectivity index (χ2n) is 5.92. The molecule has 26 heavy (non-hydrogen) atoms. The summed E-state index contributed by atoms with van der Waals surface area (Å²) in [5, 5.41) is 8.77. The number of ether oxygens (including phenoxy) is 1. The van der Waals surface area contributed by atoms with E-state index in [9.17, 15) is 0 Å². The Morgan fingerprint density at radius 3 is 2.69 bits per heavy atom. The van der Waals surface area contributed by atoms with Crippen LogP contribution in [0, 0.1) is 6.92 Å². The molecule has 5 nitrogen and oxygen atoms in total. The third-order valence-corrected chi connectivity index (χ3v) is 4.27. The number of anilines is 2. The average molecular weight is 365 g/mol. The molecule has 0 fully saturated rings. The van der Waals surface area contributed by atoms with Crippen LogP contribution < -0.4 is 10.1 Å². The van der Waals surface area contributed by atoms with Crippen LogP contribution in [0.3, 0.4) is 0 Å². The molecule has 0 aliphatic rings. The van der Waals surface area contributed by atoms with Crippen molar-refractivity contribution in [3.63, 3.8) is 0 Å². The lowest BCUT2D eigenvalue weighted by molar-refractivity contribution is 0.416. The van der Waals surface area contributed by atoms with Gasteiger partial charge in [-0.05, 0) is 37.3 Å². The van der Waals surface area contributed by atoms with Crippen molar-refractivity contribution in [1.82, 2.24) is 14.6 Å². The smallest absolute Gasteiger partial charge is 0.158 e. The molecule has 0 bridgehead atoms. The summed E-state index contributed by atoms with van der Waals surface area (Å²) < 4.78 is 7.25. The summed E-state index contributed by atoms with van der Waals surface area (Å²) in [7, 11) is 1.66. The fourth-order valence-electron chi connectivity index (χ4n) is 2.89. The molecule has 6 heteroatoms. The van der Waals surface area contributed by atoms with Gasteiger partial charge >= 0.3 is 0 Å². The average Bonchev–Trinajstić information content (AvgIpc) is 3.05. The van der Waals surface area contributed by atoms with Crippen LogP contribution in [0.15, 0.2) is 60.7 Å². The Kier molecular flexibility index (Phi) is 4.22. The lowest BCUT2D eigenvalue weighted by Crippen LogP contribution is -2.02. The van der Waals surface area contributed by atoms with Crippen LogP contribution in [0.5, 0.6) is 5.75 Å². The molecule has 2 aromatic heterocycles. The largest absolute Gasteiger partial charge is 0.496 e. The Labute approximate surface area is 156 Å². The number of halogens is 1. The molecule has 0 unspecified atom stereocenters. The number of rotatable bonds is 4. The van der Waals surface area contributed by atoms with E-state index < -0.39 is 0 Å². The van der Waals surface area contributed by atoms with Gasteiger partial charge in [-0.15, -0.1) is 0 Å². The quantitative estimate of drug-likeness (QED) is 0.546. The highest BCUT2D eigenvalue weighted by atomic mass is 35.5. The van der Waals surface area contributed by atoms with E-state index in [1.54, 1.807) is 11.6 Å². The van der Waals surface area contributed by atoms with E-state index in [0.29, 0.717) is 5.02 Å². The number of hydrogen-bond donors (Lipinski definition) is 1. The van der Waals surface area contributed by atoms with Crippen LogP contribution in [-0.4, -0.2) is 21.7 Å². The maximum absolute atomic E-state index is 6.09. The Hall–Kier alpha value is -3.05. The normalized spacial score (nSPS) is 10.9. The minimum atomic E-state index is 0.673. The highest BCUT2D eigenvalue weighted by Gasteiger charge is 2.13. The molecule has 130 valence electrons. The van der Waals surface area contributed by atoms with Crippen molar-refractivity contribution in [1.29, 1.82) is 0 Å². The Bertz CT molecular complexity index is 1090. The summed E-state index contributed by atoms with van der Waals surface area (Å²) in [4.78, 5) is 4.59. The van der Waals surface area contributed by atoms with Gasteiger partial charge in [0.2, 0.25) is 0 Å². The van der Waals surface area contributed by atoms with Crippen LogP contribution >= 0.6 is 11.6 Å². The molecule has 2 heterocycles. The number of aryl methyl sites for hydroxylation is 1. The van der Waals surface area contributed by atoms with Gasteiger partial charge in [-0.3, -0.25) is 0 Å². The summed E-state index contributed by atoms with van der Waals surface area (Å²) in [6.07, 6.45) is 0. The number of benzene rings is 2. The molecule has 0 saturated heterocycles. The predicted octanol–water partition coefficient (Wildman–Crippen LogP) is 5.11. The van der Waals surface area contributed by atoms with Crippen LogP contribution in [-0.2, 0) is 0 Å². The van der Waals surface area contributed by atoms with E-state index in [1.807, 2.05) is 67.6 Å². The lowest BCUT2D eigenvalue weighted by atomic mass is 10.1. The second-order valence-corrected chi connectivity index (χ2v) is 6.35. The first-order valence-electron chi connectivity index (χ1n) is 8.17. The van der Waals surface area contributed by atoms with Gasteiger partial charge in [0.15, 0.2) is 5.65 Å². The van der Waals surface area contributed by atoms with E-state index in [4.69, 9.17) is 21.4 Å². The molecule has 4 aromatic rings. The number of fused-ring (bicyclic) bond motifs is 1. The first-order chi connectivity index (χ1) is 12.6. The lowest BCUT2D eigenvalue weighted by Gasteiger charge is -2.09. The van der Waals surface area contributed by atoms with Crippen LogP contribution in [0.25, 0.3) is 16.9 Å². The number of hydrogen-bond acceptors (Lipinski definition) is 4. The predicted molar refractivity (Wildman–Crippen MR) is 104 cm³/mol. The van der Waals surface area contributed by atoms with E-state index in [1.165, 1.54) is 0 Å². The van der Waals surface area contributed by atoms with Gasteiger partial charge in [-0.1, -0.05) is 29.8 Å². The van der Waals surface area contributed by atoms with Crippen molar-refractivity contribution >= 4 is 28.8 Å². The van der Waals surface area contributed by atoms with Crippen molar-refractivity contribution in [2.45, 2.75) is 6.92 Å². The second kappa shape index (κ2) is 6.69. The van der Waals surface area contributed by atoms with Crippen molar-refractivity contribution in [3.8, 4) is 17.0 Å². The first-order valence-corrected chi connectivity index (χ1v) is 8.55. The van der Waals surface area contributed by atoms with Crippen molar-refractivity contribution in [2.75, 3.05) is 12.4 Å². The molecular weight excluding hydrogens is 348 g/mol. The minimum Gasteiger partial charge on any atom is -0.496 e. The zero-order valence-electron chi connectivity index (χ0n) is 14.4. The molecule has 4 rings (SSSR count). The fourth-order valence-corrected chi connectivity index (χ4v) is 3.08. The molecule has 1 N–H and O–H groups in total. The summed E-state index contributed by atoms with van der Waals surface area (Å²) in [5.41, 5.74) is 4.27. The SMILES string of the molecule is COc1ccccc1-c1cc2nc(C)cc(Nc3cccc(Cl)c3)n2n1. The Morgan fingerprint density at radius 1 is 1.04 bits per heavy atom. The van der Waals surface area contributed by atoms with Gasteiger partial charge in [0.05, 0.1) is 12.8 Å². The monoisotopic (exact) mass is 364 g/mol. The van der Waals surface area contributed by atoms with E-state index in [0.717, 1.165) is 39.9 Å². The van der Waals surface area contributed by atoms with Crippen molar-refractivity contribution in [3.05, 3.63) is 71.4 Å². The number of aromatic nitrogens is 3. The summed E-state index contributed by atoms with van der Waals surface area (Å²) in [5.74, 6) is 1.59. The van der Waals surface area contributed by atoms with Gasteiger partial charge in [0.25, 0.3) is 0 Å². The number of methoxy groups -OCH3 is 1. The molecule has 2 aromatic carbocycles. The maximum Gasteiger partial charge on any atom is 0.158 e. The third kappa shape index (κ3) is 3.09. The van der Waals surface area contributed by atoms with Crippen molar-refractivity contribution in [2.24, 2.45) is 0 Å². The molecule has 0 aliphatic heterocycles. The number of nitrogens with one attached hydrogen (secondary N) is 1. The van der Waals surface area contributed by atoms with Gasteiger partial charge in [-0.25, -0.2) is 4.98 Å². The molecule has 0 radical (unpaired) electrons. The van der Waals surface area contributed by atoms with E-state index >= 15 is 0 Å². The molecular formula is C20H17ClN4O. The highest BCUT2D eigenvalue weighted by molar-refractivity contribution is 6.30. The number of para-hydroxylation sites is 1. The maximum atomic E-state index is 6.09. The fraction of sp³-hybridized carbons (Fsp3) is 0.100. The molecule has 0 spiro atoms. The van der Waals surface area contributed by atoms with Gasteiger partial charge in [0, 0.05) is 34.1 Å².